The molecule has 0 aliphatic rings. The highest BCUT2D eigenvalue weighted by molar-refractivity contribution is 9.10. The van der Waals surface area contributed by atoms with Crippen molar-refractivity contribution in [3.63, 3.8) is 0 Å². The number of hydrogen-bond donors (Lipinski definition) is 2. The quantitative estimate of drug-likeness (QED) is 0.496. The summed E-state index contributed by atoms with van der Waals surface area (Å²) in [6.45, 7) is -0.786. The monoisotopic (exact) mass is 287 g/mol. The van der Waals surface area contributed by atoms with E-state index < -0.39 is 46.0 Å². The van der Waals surface area contributed by atoms with E-state index in [0.717, 1.165) is 0 Å². The number of rotatable bonds is 2. The van der Waals surface area contributed by atoms with Crippen molar-refractivity contribution in [1.82, 2.24) is 0 Å². The van der Waals surface area contributed by atoms with E-state index in [4.69, 9.17) is 10.8 Å². The molecule has 0 aromatic heterocycles. The van der Waals surface area contributed by atoms with Crippen LogP contribution in [0.15, 0.2) is 4.47 Å². The average Bonchev–Trinajstić information content (AvgIpc) is 2.23. The average molecular weight is 288 g/mol. The van der Waals surface area contributed by atoms with E-state index in [1.165, 1.54) is 0 Å². The lowest BCUT2D eigenvalue weighted by atomic mass is 10.1. The Bertz CT molecular complexity index is 370. The van der Waals surface area contributed by atoms with Crippen molar-refractivity contribution in [1.29, 1.82) is 0 Å². The molecule has 0 aliphatic heterocycles. The van der Waals surface area contributed by atoms with E-state index in [-0.39, 0.29) is 0 Å². The second-order valence-electron chi connectivity index (χ2n) is 2.77. The van der Waals surface area contributed by atoms with Gasteiger partial charge < -0.3 is 10.8 Å². The van der Waals surface area contributed by atoms with E-state index in [2.05, 4.69) is 15.9 Å². The minimum absolute atomic E-state index is 0.786. The molecule has 0 amide bonds. The summed E-state index contributed by atoms with van der Waals surface area (Å²) in [4.78, 5) is 0. The summed E-state index contributed by atoms with van der Waals surface area (Å²) in [5.41, 5.74) is 4.26. The summed E-state index contributed by atoms with van der Waals surface area (Å²) in [5, 5.41) is 8.60. The van der Waals surface area contributed by atoms with Crippen LogP contribution in [-0.4, -0.2) is 11.7 Å². The van der Waals surface area contributed by atoms with Crippen LogP contribution in [0.5, 0.6) is 0 Å². The lowest BCUT2D eigenvalue weighted by Gasteiger charge is -2.13. The van der Waals surface area contributed by atoms with Crippen LogP contribution in [0.25, 0.3) is 0 Å². The third-order valence-corrected chi connectivity index (χ3v) is 2.51. The maximum atomic E-state index is 13.3. The number of nitrogens with two attached hydrogens (primary N) is 1. The molecule has 1 atom stereocenters. The van der Waals surface area contributed by atoms with E-state index in [9.17, 15) is 17.6 Å². The number of benzene rings is 1. The van der Waals surface area contributed by atoms with Gasteiger partial charge in [0.25, 0.3) is 0 Å². The van der Waals surface area contributed by atoms with Crippen molar-refractivity contribution in [2.75, 3.05) is 6.61 Å². The molecular formula is C8H6BrF4NO. The second-order valence-corrected chi connectivity index (χ2v) is 3.57. The van der Waals surface area contributed by atoms with Crippen LogP contribution in [-0.2, 0) is 0 Å². The fourth-order valence-electron chi connectivity index (χ4n) is 1.04. The maximum absolute atomic E-state index is 13.3. The van der Waals surface area contributed by atoms with Crippen molar-refractivity contribution in [3.8, 4) is 0 Å². The zero-order chi connectivity index (χ0) is 11.7. The van der Waals surface area contributed by atoms with Crippen molar-refractivity contribution in [2.24, 2.45) is 5.73 Å². The summed E-state index contributed by atoms with van der Waals surface area (Å²) < 4.78 is 51.1. The van der Waals surface area contributed by atoms with Crippen LogP contribution < -0.4 is 5.73 Å². The fraction of sp³-hybridized carbons (Fsp3) is 0.250. The summed E-state index contributed by atoms with van der Waals surface area (Å²) in [6, 6.07) is -1.45. The van der Waals surface area contributed by atoms with Gasteiger partial charge in [0.2, 0.25) is 0 Å². The van der Waals surface area contributed by atoms with Gasteiger partial charge in [-0.05, 0) is 15.9 Å². The molecule has 2 nitrogen and oxygen atoms in total. The van der Waals surface area contributed by atoms with Crippen molar-refractivity contribution >= 4 is 15.9 Å². The molecule has 0 fully saturated rings. The van der Waals surface area contributed by atoms with Gasteiger partial charge in [0, 0.05) is 5.56 Å². The molecule has 15 heavy (non-hydrogen) atoms. The largest absolute Gasteiger partial charge is 0.394 e. The molecule has 0 spiro atoms. The van der Waals surface area contributed by atoms with Gasteiger partial charge in [-0.15, -0.1) is 0 Å². The predicted molar refractivity (Wildman–Crippen MR) is 48.0 cm³/mol. The van der Waals surface area contributed by atoms with Crippen molar-refractivity contribution in [3.05, 3.63) is 33.3 Å². The molecule has 0 saturated carbocycles. The number of aliphatic hydroxyl groups is 1. The van der Waals surface area contributed by atoms with E-state index in [0.29, 0.717) is 0 Å². The van der Waals surface area contributed by atoms with Gasteiger partial charge >= 0.3 is 0 Å². The highest BCUT2D eigenvalue weighted by atomic mass is 79.9. The van der Waals surface area contributed by atoms with Crippen LogP contribution >= 0.6 is 15.9 Å². The van der Waals surface area contributed by atoms with Gasteiger partial charge in [-0.2, -0.15) is 0 Å². The first kappa shape index (κ1) is 12.4. The standard InChI is InChI=1S/C8H6BrF4NO/c9-4-5(10)3(2(14)1-15)6(11)8(13)7(4)12/h2,15H,1,14H2/t2-/m0/s1. The molecule has 0 bridgehead atoms. The number of halogens is 5. The van der Waals surface area contributed by atoms with Crippen LogP contribution in [0.1, 0.15) is 11.6 Å². The van der Waals surface area contributed by atoms with Gasteiger partial charge in [0.1, 0.15) is 5.82 Å². The minimum atomic E-state index is -1.83. The predicted octanol–water partition coefficient (Wildman–Crippen LogP) is 2.00. The van der Waals surface area contributed by atoms with Crippen molar-refractivity contribution < 1.29 is 22.7 Å². The highest BCUT2D eigenvalue weighted by Crippen LogP contribution is 2.30. The van der Waals surface area contributed by atoms with E-state index in [1.54, 1.807) is 0 Å². The maximum Gasteiger partial charge on any atom is 0.196 e. The molecule has 1 aromatic carbocycles. The zero-order valence-electron chi connectivity index (χ0n) is 7.20. The first-order chi connectivity index (χ1) is 6.91. The number of aliphatic hydroxyl groups excluding tert-OH is 1. The van der Waals surface area contributed by atoms with Crippen LogP contribution in [0.3, 0.4) is 0 Å². The Morgan fingerprint density at radius 3 is 2.07 bits per heavy atom. The van der Waals surface area contributed by atoms with Gasteiger partial charge in [-0.1, -0.05) is 0 Å². The third kappa shape index (κ3) is 1.99. The minimum Gasteiger partial charge on any atom is -0.394 e. The Labute approximate surface area is 90.8 Å². The van der Waals surface area contributed by atoms with Gasteiger partial charge in [0.05, 0.1) is 17.1 Å². The lowest BCUT2D eigenvalue weighted by Crippen LogP contribution is -2.20. The zero-order valence-corrected chi connectivity index (χ0v) is 8.78. The summed E-state index contributed by atoms with van der Waals surface area (Å²) in [6.07, 6.45) is 0. The van der Waals surface area contributed by atoms with Crippen molar-refractivity contribution in [2.45, 2.75) is 6.04 Å². The highest BCUT2D eigenvalue weighted by Gasteiger charge is 2.26. The molecular weight excluding hydrogens is 282 g/mol. The summed E-state index contributed by atoms with van der Waals surface area (Å²) >= 11 is 2.42. The first-order valence-electron chi connectivity index (χ1n) is 3.79. The van der Waals surface area contributed by atoms with Gasteiger partial charge in [0.15, 0.2) is 17.5 Å². The summed E-state index contributed by atoms with van der Waals surface area (Å²) in [7, 11) is 0. The molecule has 0 aliphatic carbocycles. The molecule has 0 saturated heterocycles. The molecule has 84 valence electrons. The van der Waals surface area contributed by atoms with Crippen LogP contribution in [0.4, 0.5) is 17.6 Å². The molecule has 1 aromatic rings. The molecule has 3 N–H and O–H groups in total. The van der Waals surface area contributed by atoms with E-state index in [1.807, 2.05) is 0 Å². The Balaban J connectivity index is 3.52. The first-order valence-corrected chi connectivity index (χ1v) is 4.58. The second kappa shape index (κ2) is 4.46. The fourth-order valence-corrected chi connectivity index (χ4v) is 1.43. The Kier molecular flexibility index (Phi) is 3.69. The SMILES string of the molecule is N[C@@H](CO)c1c(F)c(F)c(F)c(Br)c1F. The normalized spacial score (nSPS) is 13.0. The molecule has 7 heteroatoms. The molecule has 1 rings (SSSR count). The van der Waals surface area contributed by atoms with Crippen LogP contribution in [0, 0.1) is 23.3 Å². The molecule has 0 radical (unpaired) electrons. The molecule has 0 unspecified atom stereocenters. The number of hydrogen-bond acceptors (Lipinski definition) is 2. The summed E-state index contributed by atoms with van der Waals surface area (Å²) in [5.74, 6) is -6.58. The third-order valence-electron chi connectivity index (χ3n) is 1.81. The Hall–Kier alpha value is -0.660. The van der Waals surface area contributed by atoms with E-state index >= 15 is 0 Å². The van der Waals surface area contributed by atoms with Gasteiger partial charge in [-0.3, -0.25) is 0 Å². The lowest BCUT2D eigenvalue weighted by molar-refractivity contribution is 0.259. The topological polar surface area (TPSA) is 46.2 Å². The Morgan fingerprint density at radius 1 is 1.07 bits per heavy atom. The molecule has 0 heterocycles. The van der Waals surface area contributed by atoms with Gasteiger partial charge in [-0.25, -0.2) is 17.6 Å². The smallest absolute Gasteiger partial charge is 0.196 e. The van der Waals surface area contributed by atoms with Crippen LogP contribution in [0.2, 0.25) is 0 Å². The Morgan fingerprint density at radius 2 is 1.60 bits per heavy atom.